The molecule has 0 N–H and O–H groups in total. The lowest BCUT2D eigenvalue weighted by Crippen LogP contribution is -2.20. The largest absolute Gasteiger partial charge is 0.497 e. The molecule has 0 bridgehead atoms. The van der Waals surface area contributed by atoms with Crippen molar-refractivity contribution in [3.63, 3.8) is 0 Å². The second-order valence-electron chi connectivity index (χ2n) is 8.07. The number of imidazole rings is 1. The van der Waals surface area contributed by atoms with E-state index in [2.05, 4.69) is 39.9 Å². The number of hydrogen-bond donors (Lipinski definition) is 0. The summed E-state index contributed by atoms with van der Waals surface area (Å²) < 4.78 is 19.3. The highest BCUT2D eigenvalue weighted by molar-refractivity contribution is 5.86. The lowest BCUT2D eigenvalue weighted by molar-refractivity contribution is 0.0710. The van der Waals surface area contributed by atoms with Crippen LogP contribution in [0.3, 0.4) is 0 Å². The molecule has 6 rings (SSSR count). The minimum Gasteiger partial charge on any atom is -0.497 e. The van der Waals surface area contributed by atoms with Crippen LogP contribution in [0.15, 0.2) is 71.1 Å². The van der Waals surface area contributed by atoms with Gasteiger partial charge in [0.25, 0.3) is 0 Å². The molecule has 5 aromatic rings. The zero-order valence-electron chi connectivity index (χ0n) is 17.8. The monoisotopic (exact) mass is 425 g/mol. The number of benzene rings is 3. The van der Waals surface area contributed by atoms with Crippen LogP contribution in [-0.4, -0.2) is 34.9 Å². The van der Waals surface area contributed by atoms with Gasteiger partial charge < -0.3 is 18.5 Å². The van der Waals surface area contributed by atoms with E-state index >= 15 is 0 Å². The van der Waals surface area contributed by atoms with Crippen LogP contribution in [-0.2, 0) is 4.74 Å². The SMILES string of the molecule is COc1ccc(-c2nc3cc(-c4nc5ccccc5o4)ccc3n2C2CCOCC2)cc1. The maximum atomic E-state index is 5.99. The summed E-state index contributed by atoms with van der Waals surface area (Å²) in [5, 5.41) is 0. The number of methoxy groups -OCH3 is 1. The quantitative estimate of drug-likeness (QED) is 0.360. The molecule has 3 aromatic carbocycles. The summed E-state index contributed by atoms with van der Waals surface area (Å²) in [7, 11) is 1.68. The van der Waals surface area contributed by atoms with Crippen molar-refractivity contribution in [2.75, 3.05) is 20.3 Å². The Hall–Kier alpha value is -3.64. The number of para-hydroxylation sites is 2. The van der Waals surface area contributed by atoms with E-state index in [0.717, 1.165) is 70.9 Å². The number of ether oxygens (including phenoxy) is 2. The molecule has 0 spiro atoms. The standard InChI is InChI=1S/C26H23N3O3/c1-30-20-9-6-17(7-10-20)25-27-22-16-18(26-28-21-4-2-3-5-24(21)32-26)8-11-23(22)29(25)19-12-14-31-15-13-19/h2-11,16,19H,12-15H2,1H3. The van der Waals surface area contributed by atoms with Gasteiger partial charge in [0, 0.05) is 30.4 Å². The molecule has 0 atom stereocenters. The molecular formula is C26H23N3O3. The smallest absolute Gasteiger partial charge is 0.227 e. The highest BCUT2D eigenvalue weighted by Gasteiger charge is 2.23. The molecule has 0 amide bonds. The van der Waals surface area contributed by atoms with Gasteiger partial charge in [0.05, 0.1) is 18.1 Å². The molecule has 3 heterocycles. The van der Waals surface area contributed by atoms with Crippen LogP contribution < -0.4 is 4.74 Å². The first-order valence-electron chi connectivity index (χ1n) is 10.9. The van der Waals surface area contributed by atoms with Gasteiger partial charge in [-0.25, -0.2) is 9.97 Å². The first-order chi connectivity index (χ1) is 15.8. The molecule has 0 saturated carbocycles. The number of hydrogen-bond acceptors (Lipinski definition) is 5. The Labute approximate surface area is 185 Å². The molecule has 0 unspecified atom stereocenters. The van der Waals surface area contributed by atoms with Crippen LogP contribution in [0.5, 0.6) is 5.75 Å². The Kier molecular flexibility index (Phi) is 4.65. The molecule has 1 saturated heterocycles. The van der Waals surface area contributed by atoms with Gasteiger partial charge in [0.1, 0.15) is 17.1 Å². The molecule has 0 radical (unpaired) electrons. The first kappa shape index (κ1) is 19.1. The zero-order valence-corrected chi connectivity index (χ0v) is 17.8. The van der Waals surface area contributed by atoms with E-state index in [1.165, 1.54) is 0 Å². The zero-order chi connectivity index (χ0) is 21.5. The van der Waals surface area contributed by atoms with Gasteiger partial charge in [-0.15, -0.1) is 0 Å². The van der Waals surface area contributed by atoms with E-state index in [1.807, 2.05) is 36.4 Å². The maximum absolute atomic E-state index is 5.99. The van der Waals surface area contributed by atoms with Crippen LogP contribution >= 0.6 is 0 Å². The fourth-order valence-electron chi connectivity index (χ4n) is 4.48. The molecule has 1 aliphatic heterocycles. The second kappa shape index (κ2) is 7.80. The van der Waals surface area contributed by atoms with E-state index in [9.17, 15) is 0 Å². The van der Waals surface area contributed by atoms with E-state index in [-0.39, 0.29) is 0 Å². The highest BCUT2D eigenvalue weighted by Crippen LogP contribution is 2.35. The van der Waals surface area contributed by atoms with Crippen molar-refractivity contribution in [1.82, 2.24) is 14.5 Å². The summed E-state index contributed by atoms with van der Waals surface area (Å²) >= 11 is 0. The lowest BCUT2D eigenvalue weighted by atomic mass is 10.1. The van der Waals surface area contributed by atoms with Gasteiger partial charge in [-0.2, -0.15) is 0 Å². The Morgan fingerprint density at radius 1 is 0.875 bits per heavy atom. The van der Waals surface area contributed by atoms with Crippen molar-refractivity contribution in [2.45, 2.75) is 18.9 Å². The number of oxazole rings is 1. The molecule has 2 aromatic heterocycles. The van der Waals surface area contributed by atoms with Crippen molar-refractivity contribution in [1.29, 1.82) is 0 Å². The lowest BCUT2D eigenvalue weighted by Gasteiger charge is -2.26. The topological polar surface area (TPSA) is 62.3 Å². The van der Waals surface area contributed by atoms with Crippen LogP contribution in [0.1, 0.15) is 18.9 Å². The third-order valence-corrected chi connectivity index (χ3v) is 6.13. The Morgan fingerprint density at radius 3 is 2.44 bits per heavy atom. The first-order valence-corrected chi connectivity index (χ1v) is 10.9. The van der Waals surface area contributed by atoms with Crippen LogP contribution in [0.25, 0.3) is 45.0 Å². The fraction of sp³-hybridized carbons (Fsp3) is 0.231. The maximum Gasteiger partial charge on any atom is 0.227 e. The van der Waals surface area contributed by atoms with Crippen molar-refractivity contribution >= 4 is 22.1 Å². The van der Waals surface area contributed by atoms with Crippen LogP contribution in [0, 0.1) is 0 Å². The van der Waals surface area contributed by atoms with Crippen molar-refractivity contribution < 1.29 is 13.9 Å². The molecule has 1 fully saturated rings. The van der Waals surface area contributed by atoms with Crippen molar-refractivity contribution in [2.24, 2.45) is 0 Å². The van der Waals surface area contributed by atoms with Gasteiger partial charge in [-0.05, 0) is 67.4 Å². The predicted octanol–water partition coefficient (Wildman–Crippen LogP) is 5.87. The molecule has 0 aliphatic carbocycles. The minimum absolute atomic E-state index is 0.348. The normalized spacial score (nSPS) is 14.9. The summed E-state index contributed by atoms with van der Waals surface area (Å²) in [6, 6.07) is 22.5. The summed E-state index contributed by atoms with van der Waals surface area (Å²) in [4.78, 5) is 9.72. The van der Waals surface area contributed by atoms with Crippen molar-refractivity contribution in [3.8, 4) is 28.6 Å². The molecule has 160 valence electrons. The van der Waals surface area contributed by atoms with Gasteiger partial charge in [-0.1, -0.05) is 12.1 Å². The van der Waals surface area contributed by atoms with E-state index < -0.39 is 0 Å². The fourth-order valence-corrected chi connectivity index (χ4v) is 4.48. The molecular weight excluding hydrogens is 402 g/mol. The second-order valence-corrected chi connectivity index (χ2v) is 8.07. The third kappa shape index (κ3) is 3.24. The summed E-state index contributed by atoms with van der Waals surface area (Å²) in [5.41, 5.74) is 5.68. The Morgan fingerprint density at radius 2 is 1.66 bits per heavy atom. The number of rotatable bonds is 4. The minimum atomic E-state index is 0.348. The Balaban J connectivity index is 1.50. The van der Waals surface area contributed by atoms with Gasteiger partial charge >= 0.3 is 0 Å². The van der Waals surface area contributed by atoms with Crippen LogP contribution in [0.4, 0.5) is 0 Å². The molecule has 6 heteroatoms. The average molecular weight is 425 g/mol. The molecule has 6 nitrogen and oxygen atoms in total. The molecule has 1 aliphatic rings. The van der Waals surface area contributed by atoms with Gasteiger partial charge in [0.2, 0.25) is 5.89 Å². The van der Waals surface area contributed by atoms with Crippen LogP contribution in [0.2, 0.25) is 0 Å². The van der Waals surface area contributed by atoms with E-state index in [0.29, 0.717) is 11.9 Å². The third-order valence-electron chi connectivity index (χ3n) is 6.13. The van der Waals surface area contributed by atoms with Gasteiger partial charge in [0.15, 0.2) is 5.58 Å². The van der Waals surface area contributed by atoms with Crippen molar-refractivity contribution in [3.05, 3.63) is 66.7 Å². The number of nitrogens with zero attached hydrogens (tertiary/aromatic N) is 3. The van der Waals surface area contributed by atoms with E-state index in [4.69, 9.17) is 18.9 Å². The average Bonchev–Trinajstić information content (AvgIpc) is 3.46. The predicted molar refractivity (Wildman–Crippen MR) is 124 cm³/mol. The number of aromatic nitrogens is 3. The number of fused-ring (bicyclic) bond motifs is 2. The Bertz CT molecular complexity index is 1360. The summed E-state index contributed by atoms with van der Waals surface area (Å²) in [6.45, 7) is 1.54. The summed E-state index contributed by atoms with van der Waals surface area (Å²) in [5.74, 6) is 2.41. The van der Waals surface area contributed by atoms with Gasteiger partial charge in [-0.3, -0.25) is 0 Å². The van der Waals surface area contributed by atoms with E-state index in [1.54, 1.807) is 7.11 Å². The summed E-state index contributed by atoms with van der Waals surface area (Å²) in [6.07, 6.45) is 1.95. The highest BCUT2D eigenvalue weighted by atomic mass is 16.5. The molecule has 32 heavy (non-hydrogen) atoms.